The normalized spacial score (nSPS) is 9.77. The summed E-state index contributed by atoms with van der Waals surface area (Å²) in [6.07, 6.45) is 0.449. The minimum atomic E-state index is 0.156. The van der Waals surface area contributed by atoms with Crippen LogP contribution in [0.2, 0.25) is 0 Å². The third-order valence-electron chi connectivity index (χ3n) is 1.94. The summed E-state index contributed by atoms with van der Waals surface area (Å²) in [5, 5.41) is 0. The molecule has 0 heterocycles. The molecule has 2 nitrogen and oxygen atoms in total. The average Bonchev–Trinajstić information content (AvgIpc) is 2.03. The fourth-order valence-corrected chi connectivity index (χ4v) is 1.41. The summed E-state index contributed by atoms with van der Waals surface area (Å²) >= 11 is 0. The van der Waals surface area contributed by atoms with Gasteiger partial charge >= 0.3 is 0 Å². The Bertz CT molecular complexity index is 316. The van der Waals surface area contributed by atoms with Gasteiger partial charge in [0.25, 0.3) is 0 Å². The van der Waals surface area contributed by atoms with Gasteiger partial charge in [0.15, 0.2) is 0 Å². The van der Waals surface area contributed by atoms with Crippen LogP contribution in [0.4, 0.5) is 0 Å². The predicted octanol–water partition coefficient (Wildman–Crippen LogP) is 2.14. The predicted molar refractivity (Wildman–Crippen MR) is 52.1 cm³/mol. The van der Waals surface area contributed by atoms with E-state index in [1.165, 1.54) is 0 Å². The topological polar surface area (TPSA) is 26.3 Å². The number of ether oxygens (including phenoxy) is 1. The zero-order valence-corrected chi connectivity index (χ0v) is 8.26. The molecule has 0 N–H and O–H groups in total. The number of carbonyl (C=O) groups excluding carboxylic acids is 1. The number of rotatable bonds is 3. The Balaban J connectivity index is 3.05. The molecule has 0 saturated carbocycles. The number of aryl methyl sites for hydroxylation is 1. The van der Waals surface area contributed by atoms with Gasteiger partial charge in [-0.05, 0) is 19.4 Å². The third kappa shape index (κ3) is 2.31. The van der Waals surface area contributed by atoms with Gasteiger partial charge in [-0.15, -0.1) is 0 Å². The van der Waals surface area contributed by atoms with Crippen LogP contribution in [-0.2, 0) is 11.2 Å². The molecule has 70 valence electrons. The van der Waals surface area contributed by atoms with Gasteiger partial charge in [0, 0.05) is 12.0 Å². The molecule has 0 atom stereocenters. The minimum Gasteiger partial charge on any atom is -0.496 e. The van der Waals surface area contributed by atoms with Crippen molar-refractivity contribution in [1.29, 1.82) is 0 Å². The van der Waals surface area contributed by atoms with Crippen LogP contribution < -0.4 is 4.74 Å². The van der Waals surface area contributed by atoms with Crippen molar-refractivity contribution in [3.63, 3.8) is 0 Å². The summed E-state index contributed by atoms with van der Waals surface area (Å²) in [6.45, 7) is 3.56. The van der Waals surface area contributed by atoms with Crippen LogP contribution in [0.5, 0.6) is 5.75 Å². The second-order valence-corrected chi connectivity index (χ2v) is 3.15. The summed E-state index contributed by atoms with van der Waals surface area (Å²) in [7, 11) is 1.63. The van der Waals surface area contributed by atoms with Crippen LogP contribution in [-0.4, -0.2) is 12.9 Å². The van der Waals surface area contributed by atoms with Crippen molar-refractivity contribution in [2.24, 2.45) is 0 Å². The van der Waals surface area contributed by atoms with Crippen LogP contribution in [0.3, 0.4) is 0 Å². The molecule has 0 fully saturated rings. The van der Waals surface area contributed by atoms with Crippen LogP contribution in [0.1, 0.15) is 18.1 Å². The number of Topliss-reactive ketones (excluding diaryl/α,β-unsaturated/α-hetero) is 1. The summed E-state index contributed by atoms with van der Waals surface area (Å²) < 4.78 is 5.22. The quantitative estimate of drug-likeness (QED) is 0.708. The molecule has 2 heteroatoms. The molecule has 0 bridgehead atoms. The molecule has 1 rings (SSSR count). The SMILES string of the molecule is COc1c(C)cccc1CC(C)=O. The van der Waals surface area contributed by atoms with E-state index in [0.717, 1.165) is 16.9 Å². The summed E-state index contributed by atoms with van der Waals surface area (Å²) in [6, 6.07) is 5.84. The molecular formula is C11H14O2. The molecule has 0 amide bonds. The van der Waals surface area contributed by atoms with Gasteiger partial charge in [-0.1, -0.05) is 18.2 Å². The Morgan fingerprint density at radius 1 is 1.46 bits per heavy atom. The number of hydrogen-bond donors (Lipinski definition) is 0. The first-order chi connectivity index (χ1) is 6.15. The molecular weight excluding hydrogens is 164 g/mol. The number of carbonyl (C=O) groups is 1. The van der Waals surface area contributed by atoms with Crippen LogP contribution in [0, 0.1) is 6.92 Å². The van der Waals surface area contributed by atoms with E-state index < -0.39 is 0 Å². The summed E-state index contributed by atoms with van der Waals surface area (Å²) in [5.74, 6) is 0.988. The van der Waals surface area contributed by atoms with E-state index in [1.807, 2.05) is 25.1 Å². The molecule has 1 aromatic carbocycles. The van der Waals surface area contributed by atoms with Crippen LogP contribution in [0.25, 0.3) is 0 Å². The van der Waals surface area contributed by atoms with Gasteiger partial charge < -0.3 is 4.74 Å². The van der Waals surface area contributed by atoms with E-state index in [0.29, 0.717) is 6.42 Å². The van der Waals surface area contributed by atoms with Crippen molar-refractivity contribution in [2.45, 2.75) is 20.3 Å². The third-order valence-corrected chi connectivity index (χ3v) is 1.94. The number of hydrogen-bond acceptors (Lipinski definition) is 2. The van der Waals surface area contributed by atoms with Crippen LogP contribution in [0.15, 0.2) is 18.2 Å². The zero-order chi connectivity index (χ0) is 9.84. The Hall–Kier alpha value is -1.31. The monoisotopic (exact) mass is 178 g/mol. The molecule has 0 unspecified atom stereocenters. The molecule has 0 aliphatic rings. The fourth-order valence-electron chi connectivity index (χ4n) is 1.41. The number of methoxy groups -OCH3 is 1. The number of para-hydroxylation sites is 1. The van der Waals surface area contributed by atoms with Gasteiger partial charge in [0.05, 0.1) is 7.11 Å². The van der Waals surface area contributed by atoms with Crippen molar-refractivity contribution in [3.05, 3.63) is 29.3 Å². The smallest absolute Gasteiger partial charge is 0.134 e. The fraction of sp³-hybridized carbons (Fsp3) is 0.364. The van der Waals surface area contributed by atoms with Crippen molar-refractivity contribution in [3.8, 4) is 5.75 Å². The van der Waals surface area contributed by atoms with Crippen molar-refractivity contribution >= 4 is 5.78 Å². The number of benzene rings is 1. The zero-order valence-electron chi connectivity index (χ0n) is 8.26. The Labute approximate surface area is 78.5 Å². The summed E-state index contributed by atoms with van der Waals surface area (Å²) in [4.78, 5) is 10.9. The molecule has 0 saturated heterocycles. The maximum Gasteiger partial charge on any atom is 0.134 e. The van der Waals surface area contributed by atoms with E-state index in [9.17, 15) is 4.79 Å². The molecule has 1 aromatic rings. The van der Waals surface area contributed by atoms with Gasteiger partial charge in [0.2, 0.25) is 0 Å². The molecule has 0 spiro atoms. The lowest BCUT2D eigenvalue weighted by atomic mass is 10.1. The van der Waals surface area contributed by atoms with Crippen molar-refractivity contribution in [1.82, 2.24) is 0 Å². The lowest BCUT2D eigenvalue weighted by Crippen LogP contribution is -2.00. The lowest BCUT2D eigenvalue weighted by molar-refractivity contribution is -0.116. The minimum absolute atomic E-state index is 0.156. The average molecular weight is 178 g/mol. The highest BCUT2D eigenvalue weighted by Crippen LogP contribution is 2.23. The van der Waals surface area contributed by atoms with Gasteiger partial charge in [-0.2, -0.15) is 0 Å². The standard InChI is InChI=1S/C11H14O2/c1-8-5-4-6-10(7-9(2)12)11(8)13-3/h4-6H,7H2,1-3H3. The van der Waals surface area contributed by atoms with E-state index in [1.54, 1.807) is 14.0 Å². The van der Waals surface area contributed by atoms with E-state index in [-0.39, 0.29) is 5.78 Å². The van der Waals surface area contributed by atoms with Gasteiger partial charge in [-0.3, -0.25) is 4.79 Å². The van der Waals surface area contributed by atoms with E-state index in [2.05, 4.69) is 0 Å². The highest BCUT2D eigenvalue weighted by Gasteiger charge is 2.06. The second-order valence-electron chi connectivity index (χ2n) is 3.15. The maximum absolute atomic E-state index is 10.9. The first-order valence-corrected chi connectivity index (χ1v) is 4.27. The highest BCUT2D eigenvalue weighted by atomic mass is 16.5. The van der Waals surface area contributed by atoms with Gasteiger partial charge in [0.1, 0.15) is 11.5 Å². The summed E-state index contributed by atoms with van der Waals surface area (Å²) in [5.41, 5.74) is 2.04. The van der Waals surface area contributed by atoms with Crippen molar-refractivity contribution < 1.29 is 9.53 Å². The van der Waals surface area contributed by atoms with E-state index in [4.69, 9.17) is 4.74 Å². The largest absolute Gasteiger partial charge is 0.496 e. The van der Waals surface area contributed by atoms with Gasteiger partial charge in [-0.25, -0.2) is 0 Å². The van der Waals surface area contributed by atoms with Crippen LogP contribution >= 0.6 is 0 Å². The van der Waals surface area contributed by atoms with Crippen molar-refractivity contribution in [2.75, 3.05) is 7.11 Å². The lowest BCUT2D eigenvalue weighted by Gasteiger charge is -2.09. The van der Waals surface area contributed by atoms with E-state index >= 15 is 0 Å². The Morgan fingerprint density at radius 3 is 2.69 bits per heavy atom. The molecule has 13 heavy (non-hydrogen) atoms. The number of ketones is 1. The molecule has 0 radical (unpaired) electrons. The molecule has 0 aliphatic heterocycles. The maximum atomic E-state index is 10.9. The molecule has 0 aliphatic carbocycles. The molecule has 0 aromatic heterocycles. The first kappa shape index (κ1) is 9.78. The highest BCUT2D eigenvalue weighted by molar-refractivity contribution is 5.79. The Kier molecular flexibility index (Phi) is 3.07. The second kappa shape index (κ2) is 4.08. The first-order valence-electron chi connectivity index (χ1n) is 4.27. The Morgan fingerprint density at radius 2 is 2.15 bits per heavy atom.